The summed E-state index contributed by atoms with van der Waals surface area (Å²) in [6.45, 7) is 1.63. The van der Waals surface area contributed by atoms with Crippen molar-refractivity contribution < 1.29 is 13.5 Å². The molecule has 4 nitrogen and oxygen atoms in total. The van der Waals surface area contributed by atoms with Crippen molar-refractivity contribution in [1.82, 2.24) is 4.72 Å². The molecule has 0 fully saturated rings. The maximum atomic E-state index is 12.3. The van der Waals surface area contributed by atoms with Gasteiger partial charge in [-0.2, -0.15) is 0 Å². The fourth-order valence-electron chi connectivity index (χ4n) is 1.97. The van der Waals surface area contributed by atoms with E-state index < -0.39 is 22.2 Å². The van der Waals surface area contributed by atoms with E-state index in [0.717, 1.165) is 0 Å². The largest absolute Gasteiger partial charge is 0.387 e. The van der Waals surface area contributed by atoms with E-state index in [0.29, 0.717) is 10.0 Å². The van der Waals surface area contributed by atoms with Crippen LogP contribution >= 0.6 is 15.9 Å². The molecule has 6 heteroatoms. The van der Waals surface area contributed by atoms with Gasteiger partial charge in [-0.05, 0) is 40.5 Å². The molecule has 112 valence electrons. The van der Waals surface area contributed by atoms with Gasteiger partial charge in [0.1, 0.15) is 0 Å². The maximum absolute atomic E-state index is 12.3. The summed E-state index contributed by atoms with van der Waals surface area (Å²) in [5.41, 5.74) is 0.667. The van der Waals surface area contributed by atoms with Crippen LogP contribution in [0.25, 0.3) is 0 Å². The van der Waals surface area contributed by atoms with Crippen LogP contribution in [0.2, 0.25) is 0 Å². The molecule has 0 aromatic heterocycles. The Morgan fingerprint density at radius 2 is 1.62 bits per heavy atom. The Kier molecular flexibility index (Phi) is 5.16. The second kappa shape index (κ2) is 6.70. The fourth-order valence-corrected chi connectivity index (χ4v) is 4.23. The second-order valence-electron chi connectivity index (χ2n) is 4.70. The summed E-state index contributed by atoms with van der Waals surface area (Å²) in [5.74, 6) is 0. The third-order valence-electron chi connectivity index (χ3n) is 3.08. The lowest BCUT2D eigenvalue weighted by Gasteiger charge is -2.21. The van der Waals surface area contributed by atoms with Gasteiger partial charge in [0.2, 0.25) is 10.0 Å². The van der Waals surface area contributed by atoms with Gasteiger partial charge in [-0.25, -0.2) is 13.1 Å². The summed E-state index contributed by atoms with van der Waals surface area (Å²) in [6.07, 6.45) is -0.913. The normalized spacial score (nSPS) is 14.6. The van der Waals surface area contributed by atoms with Crippen LogP contribution in [0, 0.1) is 0 Å². The Labute approximate surface area is 133 Å². The highest BCUT2D eigenvalue weighted by molar-refractivity contribution is 9.10. The summed E-state index contributed by atoms with van der Waals surface area (Å²) in [7, 11) is -3.70. The molecule has 0 aliphatic heterocycles. The third-order valence-corrected chi connectivity index (χ3v) is 5.65. The Balaban J connectivity index is 2.19. The summed E-state index contributed by atoms with van der Waals surface area (Å²) in [6, 6.07) is 14.9. The number of halogens is 1. The van der Waals surface area contributed by atoms with Crippen molar-refractivity contribution in [2.45, 2.75) is 24.0 Å². The molecule has 0 bridgehead atoms. The Morgan fingerprint density at radius 1 is 1.05 bits per heavy atom. The number of hydrogen-bond donors (Lipinski definition) is 2. The molecule has 0 saturated heterocycles. The van der Waals surface area contributed by atoms with Crippen LogP contribution in [0.1, 0.15) is 18.6 Å². The molecular weight excluding hydrogens is 354 g/mol. The van der Waals surface area contributed by atoms with Crippen LogP contribution < -0.4 is 4.72 Å². The Morgan fingerprint density at radius 3 is 2.24 bits per heavy atom. The van der Waals surface area contributed by atoms with Crippen molar-refractivity contribution >= 4 is 26.0 Å². The molecule has 0 radical (unpaired) electrons. The summed E-state index contributed by atoms with van der Waals surface area (Å²) in [4.78, 5) is 0.150. The third kappa shape index (κ3) is 3.91. The molecular formula is C15H16BrNO3S. The zero-order valence-electron chi connectivity index (χ0n) is 11.4. The molecule has 2 N–H and O–H groups in total. The van der Waals surface area contributed by atoms with Crippen molar-refractivity contribution in [1.29, 1.82) is 0 Å². The quantitative estimate of drug-likeness (QED) is 0.851. The van der Waals surface area contributed by atoms with E-state index in [-0.39, 0.29) is 4.90 Å². The van der Waals surface area contributed by atoms with Crippen molar-refractivity contribution in [3.63, 3.8) is 0 Å². The first kappa shape index (κ1) is 16.2. The summed E-state index contributed by atoms with van der Waals surface area (Å²) >= 11 is 3.22. The van der Waals surface area contributed by atoms with Crippen molar-refractivity contribution in [2.75, 3.05) is 0 Å². The highest BCUT2D eigenvalue weighted by atomic mass is 79.9. The predicted octanol–water partition coefficient (Wildman–Crippen LogP) is 2.85. The number of aliphatic hydroxyl groups excluding tert-OH is 1. The average Bonchev–Trinajstić information content (AvgIpc) is 2.47. The van der Waals surface area contributed by atoms with Crippen LogP contribution in [0.4, 0.5) is 0 Å². The molecule has 0 aliphatic carbocycles. The predicted molar refractivity (Wildman–Crippen MR) is 85.3 cm³/mol. The van der Waals surface area contributed by atoms with Gasteiger partial charge in [-0.3, -0.25) is 0 Å². The van der Waals surface area contributed by atoms with Gasteiger partial charge in [-0.15, -0.1) is 0 Å². The molecule has 2 aromatic carbocycles. The van der Waals surface area contributed by atoms with E-state index in [2.05, 4.69) is 20.7 Å². The van der Waals surface area contributed by atoms with Gasteiger partial charge in [0.15, 0.2) is 0 Å². The van der Waals surface area contributed by atoms with Gasteiger partial charge >= 0.3 is 0 Å². The maximum Gasteiger partial charge on any atom is 0.242 e. The smallest absolute Gasteiger partial charge is 0.242 e. The number of rotatable bonds is 5. The zero-order chi connectivity index (χ0) is 15.5. The molecule has 0 heterocycles. The Bertz CT molecular complexity index is 704. The minimum Gasteiger partial charge on any atom is -0.387 e. The lowest BCUT2D eigenvalue weighted by Crippen LogP contribution is -2.37. The number of aliphatic hydroxyl groups is 1. The molecule has 2 rings (SSSR count). The minimum absolute atomic E-state index is 0.150. The van der Waals surface area contributed by atoms with Crippen LogP contribution in [0.3, 0.4) is 0 Å². The molecule has 0 saturated carbocycles. The zero-order valence-corrected chi connectivity index (χ0v) is 13.8. The van der Waals surface area contributed by atoms with E-state index in [9.17, 15) is 13.5 Å². The molecule has 0 unspecified atom stereocenters. The number of hydrogen-bond acceptors (Lipinski definition) is 3. The number of benzene rings is 2. The van der Waals surface area contributed by atoms with E-state index >= 15 is 0 Å². The topological polar surface area (TPSA) is 66.4 Å². The summed E-state index contributed by atoms with van der Waals surface area (Å²) in [5, 5.41) is 10.2. The highest BCUT2D eigenvalue weighted by Crippen LogP contribution is 2.23. The molecule has 2 atom stereocenters. The van der Waals surface area contributed by atoms with E-state index in [1.165, 1.54) is 6.07 Å². The van der Waals surface area contributed by atoms with Gasteiger partial charge in [0, 0.05) is 10.5 Å². The first-order valence-corrected chi connectivity index (χ1v) is 8.69. The minimum atomic E-state index is -3.70. The second-order valence-corrected chi connectivity index (χ2v) is 7.23. The lowest BCUT2D eigenvalue weighted by molar-refractivity contribution is 0.146. The van der Waals surface area contributed by atoms with E-state index in [4.69, 9.17) is 0 Å². The summed E-state index contributed by atoms with van der Waals surface area (Å²) < 4.78 is 27.7. The standard InChI is InChI=1S/C15H16BrNO3S/c1-11(15(18)12-7-3-2-4-8-12)17-21(19,20)14-10-6-5-9-13(14)16/h2-11,15,17-18H,1H3/t11-,15-/m0/s1. The van der Waals surface area contributed by atoms with Gasteiger partial charge < -0.3 is 5.11 Å². The van der Waals surface area contributed by atoms with Gasteiger partial charge in [-0.1, -0.05) is 42.5 Å². The Hall–Kier alpha value is -1.21. The van der Waals surface area contributed by atoms with Crippen LogP contribution in [0.5, 0.6) is 0 Å². The van der Waals surface area contributed by atoms with E-state index in [1.54, 1.807) is 49.4 Å². The van der Waals surface area contributed by atoms with Crippen LogP contribution in [-0.4, -0.2) is 19.6 Å². The SMILES string of the molecule is C[C@H](NS(=O)(=O)c1ccccc1Br)[C@H](O)c1ccccc1. The first-order chi connectivity index (χ1) is 9.92. The van der Waals surface area contributed by atoms with Crippen LogP contribution in [-0.2, 0) is 10.0 Å². The molecule has 2 aromatic rings. The van der Waals surface area contributed by atoms with Crippen molar-refractivity contribution in [3.8, 4) is 0 Å². The van der Waals surface area contributed by atoms with Gasteiger partial charge in [0.25, 0.3) is 0 Å². The first-order valence-electron chi connectivity index (χ1n) is 6.41. The molecule has 0 aliphatic rings. The van der Waals surface area contributed by atoms with Crippen molar-refractivity contribution in [3.05, 3.63) is 64.6 Å². The lowest BCUT2D eigenvalue weighted by atomic mass is 10.0. The van der Waals surface area contributed by atoms with Crippen LogP contribution in [0.15, 0.2) is 64.0 Å². The fraction of sp³-hybridized carbons (Fsp3) is 0.200. The van der Waals surface area contributed by atoms with Gasteiger partial charge in [0.05, 0.1) is 11.0 Å². The monoisotopic (exact) mass is 369 g/mol. The molecule has 0 amide bonds. The average molecular weight is 370 g/mol. The molecule has 21 heavy (non-hydrogen) atoms. The van der Waals surface area contributed by atoms with Crippen molar-refractivity contribution in [2.24, 2.45) is 0 Å². The number of nitrogens with one attached hydrogen (secondary N) is 1. The molecule has 0 spiro atoms. The number of sulfonamides is 1. The highest BCUT2D eigenvalue weighted by Gasteiger charge is 2.24. The van der Waals surface area contributed by atoms with E-state index in [1.807, 2.05) is 6.07 Å².